The molecule has 3 aromatic rings. The first-order chi connectivity index (χ1) is 11.9. The molecule has 0 spiro atoms. The average molecular weight is 358 g/mol. The second-order valence-electron chi connectivity index (χ2n) is 6.16. The molecule has 1 aromatic heterocycles. The fourth-order valence-corrected chi connectivity index (χ4v) is 3.37. The molecular weight excluding hydrogens is 342 g/mol. The Morgan fingerprint density at radius 3 is 2.72 bits per heavy atom. The van der Waals surface area contributed by atoms with Gasteiger partial charge in [0.25, 0.3) is 5.91 Å². The van der Waals surface area contributed by atoms with Crippen LogP contribution >= 0.6 is 11.6 Å². The number of carbonyl (C=O) groups excluding carboxylic acids is 1. The minimum Gasteiger partial charge on any atom is -0.480 e. The SMILES string of the molecule is Cn1c(=O)n(C)c2cc(NC(=O)C3Cc4cc(Cl)ccc4O3)ccc21. The molecule has 4 rings (SSSR count). The van der Waals surface area contributed by atoms with Crippen molar-refractivity contribution in [2.75, 3.05) is 5.32 Å². The highest BCUT2D eigenvalue weighted by atomic mass is 35.5. The topological polar surface area (TPSA) is 65.3 Å². The Balaban J connectivity index is 1.57. The Morgan fingerprint density at radius 2 is 1.92 bits per heavy atom. The van der Waals surface area contributed by atoms with Crippen molar-refractivity contribution in [2.24, 2.45) is 14.1 Å². The van der Waals surface area contributed by atoms with Crippen molar-refractivity contribution in [3.63, 3.8) is 0 Å². The molecule has 1 unspecified atom stereocenters. The monoisotopic (exact) mass is 357 g/mol. The van der Waals surface area contributed by atoms with E-state index in [4.69, 9.17) is 16.3 Å². The molecule has 2 aromatic carbocycles. The number of hydrogen-bond donors (Lipinski definition) is 1. The molecule has 0 saturated heterocycles. The lowest BCUT2D eigenvalue weighted by molar-refractivity contribution is -0.122. The van der Waals surface area contributed by atoms with Crippen molar-refractivity contribution >= 4 is 34.2 Å². The van der Waals surface area contributed by atoms with Crippen LogP contribution in [0.5, 0.6) is 5.75 Å². The minimum absolute atomic E-state index is 0.107. The van der Waals surface area contributed by atoms with Gasteiger partial charge in [0.1, 0.15) is 5.75 Å². The largest absolute Gasteiger partial charge is 0.480 e. The van der Waals surface area contributed by atoms with Crippen LogP contribution in [-0.4, -0.2) is 21.1 Å². The van der Waals surface area contributed by atoms with Gasteiger partial charge in [-0.15, -0.1) is 0 Å². The number of amides is 1. The standard InChI is InChI=1S/C18H16ClN3O3/c1-21-13-5-4-12(9-14(13)22(2)18(21)24)20-17(23)16-8-10-7-11(19)3-6-15(10)25-16/h3-7,9,16H,8H2,1-2H3,(H,20,23). The Morgan fingerprint density at radius 1 is 1.16 bits per heavy atom. The van der Waals surface area contributed by atoms with Gasteiger partial charge in [0, 0.05) is 31.2 Å². The van der Waals surface area contributed by atoms with E-state index >= 15 is 0 Å². The van der Waals surface area contributed by atoms with Gasteiger partial charge in [0.05, 0.1) is 11.0 Å². The fourth-order valence-electron chi connectivity index (χ4n) is 3.17. The van der Waals surface area contributed by atoms with Crippen molar-refractivity contribution in [3.8, 4) is 5.75 Å². The van der Waals surface area contributed by atoms with Crippen molar-refractivity contribution in [1.29, 1.82) is 0 Å². The Labute approximate surface area is 148 Å². The van der Waals surface area contributed by atoms with Crippen molar-refractivity contribution in [2.45, 2.75) is 12.5 Å². The summed E-state index contributed by atoms with van der Waals surface area (Å²) in [6.45, 7) is 0. The van der Waals surface area contributed by atoms with Crippen LogP contribution in [0.15, 0.2) is 41.2 Å². The highest BCUT2D eigenvalue weighted by Crippen LogP contribution is 2.31. The van der Waals surface area contributed by atoms with Crippen molar-refractivity contribution < 1.29 is 9.53 Å². The van der Waals surface area contributed by atoms with Gasteiger partial charge in [-0.2, -0.15) is 0 Å². The molecule has 0 saturated carbocycles. The van der Waals surface area contributed by atoms with Crippen LogP contribution in [-0.2, 0) is 25.3 Å². The number of rotatable bonds is 2. The van der Waals surface area contributed by atoms with E-state index in [0.717, 1.165) is 16.6 Å². The molecule has 25 heavy (non-hydrogen) atoms. The number of aromatic nitrogens is 2. The summed E-state index contributed by atoms with van der Waals surface area (Å²) in [5.41, 5.74) is 3.01. The lowest BCUT2D eigenvalue weighted by Gasteiger charge is -2.11. The summed E-state index contributed by atoms with van der Waals surface area (Å²) in [5.74, 6) is 0.457. The number of nitrogens with one attached hydrogen (secondary N) is 1. The van der Waals surface area contributed by atoms with Crippen LogP contribution in [0.25, 0.3) is 11.0 Å². The van der Waals surface area contributed by atoms with E-state index < -0.39 is 6.10 Å². The number of nitrogens with zero attached hydrogens (tertiary/aromatic N) is 2. The number of hydrogen-bond acceptors (Lipinski definition) is 3. The summed E-state index contributed by atoms with van der Waals surface area (Å²) in [5, 5.41) is 3.48. The van der Waals surface area contributed by atoms with Gasteiger partial charge in [0.2, 0.25) is 0 Å². The smallest absolute Gasteiger partial charge is 0.328 e. The summed E-state index contributed by atoms with van der Waals surface area (Å²) in [4.78, 5) is 24.5. The third kappa shape index (κ3) is 2.59. The number of halogens is 1. The number of imidazole rings is 1. The molecule has 1 amide bonds. The van der Waals surface area contributed by atoms with E-state index in [1.54, 1.807) is 47.5 Å². The molecule has 0 radical (unpaired) electrons. The van der Waals surface area contributed by atoms with E-state index in [-0.39, 0.29) is 11.6 Å². The van der Waals surface area contributed by atoms with Crippen LogP contribution in [0.4, 0.5) is 5.69 Å². The lowest BCUT2D eigenvalue weighted by atomic mass is 10.1. The molecule has 0 bridgehead atoms. The van der Waals surface area contributed by atoms with Gasteiger partial charge in [-0.25, -0.2) is 4.79 Å². The highest BCUT2D eigenvalue weighted by Gasteiger charge is 2.29. The number of fused-ring (bicyclic) bond motifs is 2. The van der Waals surface area contributed by atoms with Crippen LogP contribution in [0.3, 0.4) is 0 Å². The normalized spacial score (nSPS) is 15.9. The first kappa shape index (κ1) is 15.8. The van der Waals surface area contributed by atoms with E-state index in [1.165, 1.54) is 0 Å². The maximum Gasteiger partial charge on any atom is 0.328 e. The van der Waals surface area contributed by atoms with Gasteiger partial charge >= 0.3 is 5.69 Å². The van der Waals surface area contributed by atoms with Gasteiger partial charge in [-0.1, -0.05) is 11.6 Å². The Bertz CT molecular complexity index is 1070. The zero-order valence-electron chi connectivity index (χ0n) is 13.7. The molecular formula is C18H16ClN3O3. The maximum absolute atomic E-state index is 12.5. The van der Waals surface area contributed by atoms with E-state index in [1.807, 2.05) is 12.1 Å². The number of anilines is 1. The number of carbonyl (C=O) groups is 1. The zero-order valence-corrected chi connectivity index (χ0v) is 14.5. The molecule has 7 heteroatoms. The second-order valence-corrected chi connectivity index (χ2v) is 6.59. The molecule has 6 nitrogen and oxygen atoms in total. The number of ether oxygens (including phenoxy) is 1. The summed E-state index contributed by atoms with van der Waals surface area (Å²) in [6.07, 6.45) is -0.114. The van der Waals surface area contributed by atoms with E-state index in [9.17, 15) is 9.59 Å². The predicted octanol–water partition coefficient (Wildman–Crippen LogP) is 2.47. The van der Waals surface area contributed by atoms with Gasteiger partial charge in [-0.3, -0.25) is 13.9 Å². The average Bonchev–Trinajstić information content (AvgIpc) is 3.10. The van der Waals surface area contributed by atoms with Crippen molar-refractivity contribution in [3.05, 3.63) is 57.5 Å². The molecule has 1 N–H and O–H groups in total. The predicted molar refractivity (Wildman–Crippen MR) is 96.4 cm³/mol. The second kappa shape index (κ2) is 5.67. The molecule has 0 aliphatic carbocycles. The van der Waals surface area contributed by atoms with Gasteiger partial charge in [0.15, 0.2) is 6.10 Å². The quantitative estimate of drug-likeness (QED) is 0.766. The van der Waals surface area contributed by atoms with Crippen LogP contribution in [0, 0.1) is 0 Å². The summed E-state index contributed by atoms with van der Waals surface area (Å²) in [6, 6.07) is 10.7. The summed E-state index contributed by atoms with van der Waals surface area (Å²) >= 11 is 5.98. The Kier molecular flexibility index (Phi) is 3.58. The van der Waals surface area contributed by atoms with Gasteiger partial charge < -0.3 is 10.1 Å². The van der Waals surface area contributed by atoms with E-state index in [2.05, 4.69) is 5.32 Å². The first-order valence-electron chi connectivity index (χ1n) is 7.85. The maximum atomic E-state index is 12.5. The molecule has 1 atom stereocenters. The first-order valence-corrected chi connectivity index (χ1v) is 8.23. The summed E-state index contributed by atoms with van der Waals surface area (Å²) < 4.78 is 8.82. The zero-order chi connectivity index (χ0) is 17.7. The third-order valence-corrected chi connectivity index (χ3v) is 4.76. The highest BCUT2D eigenvalue weighted by molar-refractivity contribution is 6.30. The van der Waals surface area contributed by atoms with Crippen LogP contribution in [0.2, 0.25) is 5.02 Å². The lowest BCUT2D eigenvalue weighted by Crippen LogP contribution is -2.31. The molecule has 1 aliphatic heterocycles. The number of aryl methyl sites for hydroxylation is 2. The van der Waals surface area contributed by atoms with Gasteiger partial charge in [-0.05, 0) is 42.0 Å². The number of benzene rings is 2. The van der Waals surface area contributed by atoms with Crippen LogP contribution in [0.1, 0.15) is 5.56 Å². The molecule has 1 aliphatic rings. The summed E-state index contributed by atoms with van der Waals surface area (Å²) in [7, 11) is 3.42. The van der Waals surface area contributed by atoms with Crippen molar-refractivity contribution in [1.82, 2.24) is 9.13 Å². The molecule has 0 fully saturated rings. The molecule has 2 heterocycles. The molecule has 128 valence electrons. The minimum atomic E-state index is -0.594. The van der Waals surface area contributed by atoms with Crippen LogP contribution < -0.4 is 15.7 Å². The Hall–Kier alpha value is -2.73. The third-order valence-electron chi connectivity index (χ3n) is 4.53. The fraction of sp³-hybridized carbons (Fsp3) is 0.222. The van der Waals surface area contributed by atoms with E-state index in [0.29, 0.717) is 22.9 Å².